The Kier molecular flexibility index (Phi) is 3.84. The molecule has 0 bridgehead atoms. The van der Waals surface area contributed by atoms with Gasteiger partial charge < -0.3 is 5.73 Å². The quantitative estimate of drug-likeness (QED) is 0.571. The lowest BCUT2D eigenvalue weighted by molar-refractivity contribution is 0.0997. The first kappa shape index (κ1) is 13.6. The molecule has 3 heteroatoms. The van der Waals surface area contributed by atoms with Gasteiger partial charge in [0.25, 0.3) is 0 Å². The van der Waals surface area contributed by atoms with Crippen molar-refractivity contribution in [3.63, 3.8) is 0 Å². The van der Waals surface area contributed by atoms with E-state index in [4.69, 9.17) is 5.73 Å². The molecule has 0 fully saturated rings. The highest BCUT2D eigenvalue weighted by Crippen LogP contribution is 2.29. The van der Waals surface area contributed by atoms with Gasteiger partial charge in [-0.15, -0.1) is 11.3 Å². The first-order valence-electron chi connectivity index (χ1n) is 6.75. The van der Waals surface area contributed by atoms with Crippen molar-refractivity contribution in [1.29, 1.82) is 0 Å². The lowest BCUT2D eigenvalue weighted by atomic mass is 10.1. The summed E-state index contributed by atoms with van der Waals surface area (Å²) in [5.74, 6) is 0.154. The number of nitrogen functional groups attached to an aromatic ring is 1. The number of hydrogen-bond acceptors (Lipinski definition) is 3. The lowest BCUT2D eigenvalue weighted by Crippen LogP contribution is -2.00. The molecule has 1 heterocycles. The van der Waals surface area contributed by atoms with Crippen LogP contribution in [-0.2, 0) is 6.42 Å². The zero-order chi connectivity index (χ0) is 14.7. The van der Waals surface area contributed by atoms with E-state index in [1.54, 1.807) is 0 Å². The van der Waals surface area contributed by atoms with E-state index < -0.39 is 0 Å². The second-order valence-electron chi connectivity index (χ2n) is 4.87. The van der Waals surface area contributed by atoms with Crippen molar-refractivity contribution in [3.8, 4) is 10.4 Å². The summed E-state index contributed by atoms with van der Waals surface area (Å²) in [7, 11) is 0. The van der Waals surface area contributed by atoms with Gasteiger partial charge in [-0.05, 0) is 35.4 Å². The molecule has 0 saturated heterocycles. The maximum absolute atomic E-state index is 12.3. The predicted molar refractivity (Wildman–Crippen MR) is 88.6 cm³/mol. The standard InChI is InChI=1S/C18H15NOS/c19-15-8-4-7-14(12-15)17-9-10-18(21-17)16(20)11-13-5-2-1-3-6-13/h1-10,12H,11,19H2. The molecular formula is C18H15NOS. The van der Waals surface area contributed by atoms with Crippen molar-refractivity contribution in [3.05, 3.63) is 77.2 Å². The smallest absolute Gasteiger partial charge is 0.177 e. The normalized spacial score (nSPS) is 10.5. The van der Waals surface area contributed by atoms with Crippen LogP contribution in [0.4, 0.5) is 5.69 Å². The van der Waals surface area contributed by atoms with E-state index in [0.29, 0.717) is 6.42 Å². The van der Waals surface area contributed by atoms with E-state index in [1.807, 2.05) is 66.7 Å². The number of anilines is 1. The number of carbonyl (C=O) groups excluding carboxylic acids is 1. The van der Waals surface area contributed by atoms with Crippen LogP contribution in [-0.4, -0.2) is 5.78 Å². The van der Waals surface area contributed by atoms with E-state index in [0.717, 1.165) is 26.6 Å². The second kappa shape index (κ2) is 5.94. The molecule has 0 amide bonds. The number of Topliss-reactive ketones (excluding diaryl/α,β-unsaturated/α-hetero) is 1. The van der Waals surface area contributed by atoms with Crippen molar-refractivity contribution in [1.82, 2.24) is 0 Å². The molecule has 2 N–H and O–H groups in total. The molecule has 3 aromatic rings. The Morgan fingerprint density at radius 1 is 0.952 bits per heavy atom. The molecule has 0 unspecified atom stereocenters. The first-order chi connectivity index (χ1) is 10.2. The molecular weight excluding hydrogens is 278 g/mol. The van der Waals surface area contributed by atoms with Crippen molar-refractivity contribution >= 4 is 22.8 Å². The summed E-state index contributed by atoms with van der Waals surface area (Å²) in [5, 5.41) is 0. The molecule has 0 aliphatic carbocycles. The molecule has 0 spiro atoms. The summed E-state index contributed by atoms with van der Waals surface area (Å²) in [6, 6.07) is 21.4. The van der Waals surface area contributed by atoms with E-state index >= 15 is 0 Å². The van der Waals surface area contributed by atoms with Crippen LogP contribution in [0.25, 0.3) is 10.4 Å². The molecule has 0 radical (unpaired) electrons. The fourth-order valence-corrected chi connectivity index (χ4v) is 3.14. The summed E-state index contributed by atoms with van der Waals surface area (Å²) in [6.07, 6.45) is 0.442. The molecule has 0 aliphatic heterocycles. The predicted octanol–water partition coefficient (Wildman–Crippen LogP) is 4.42. The van der Waals surface area contributed by atoms with Gasteiger partial charge in [0, 0.05) is 17.0 Å². The fraction of sp³-hybridized carbons (Fsp3) is 0.0556. The topological polar surface area (TPSA) is 43.1 Å². The highest BCUT2D eigenvalue weighted by atomic mass is 32.1. The SMILES string of the molecule is Nc1cccc(-c2ccc(C(=O)Cc3ccccc3)s2)c1. The molecule has 2 aromatic carbocycles. The summed E-state index contributed by atoms with van der Waals surface area (Å²) in [6.45, 7) is 0. The highest BCUT2D eigenvalue weighted by molar-refractivity contribution is 7.17. The van der Waals surface area contributed by atoms with Crippen molar-refractivity contribution in [2.45, 2.75) is 6.42 Å². The maximum atomic E-state index is 12.3. The number of ketones is 1. The van der Waals surface area contributed by atoms with Crippen LogP contribution >= 0.6 is 11.3 Å². The largest absolute Gasteiger partial charge is 0.399 e. The molecule has 104 valence electrons. The summed E-state index contributed by atoms with van der Waals surface area (Å²) >= 11 is 1.52. The monoisotopic (exact) mass is 293 g/mol. The summed E-state index contributed by atoms with van der Waals surface area (Å²) in [5.41, 5.74) is 8.63. The molecule has 1 aromatic heterocycles. The van der Waals surface area contributed by atoms with Crippen LogP contribution in [0.3, 0.4) is 0 Å². The zero-order valence-electron chi connectivity index (χ0n) is 11.5. The van der Waals surface area contributed by atoms with E-state index in [1.165, 1.54) is 11.3 Å². The molecule has 2 nitrogen and oxygen atoms in total. The lowest BCUT2D eigenvalue weighted by Gasteiger charge is -1.99. The van der Waals surface area contributed by atoms with Gasteiger partial charge in [-0.3, -0.25) is 4.79 Å². The minimum atomic E-state index is 0.154. The van der Waals surface area contributed by atoms with E-state index in [9.17, 15) is 4.79 Å². The molecule has 3 rings (SSSR count). The average molecular weight is 293 g/mol. The number of carbonyl (C=O) groups is 1. The Balaban J connectivity index is 1.80. The highest BCUT2D eigenvalue weighted by Gasteiger charge is 2.11. The minimum absolute atomic E-state index is 0.154. The number of hydrogen-bond donors (Lipinski definition) is 1. The molecule has 0 atom stereocenters. The Morgan fingerprint density at radius 3 is 2.52 bits per heavy atom. The molecule has 21 heavy (non-hydrogen) atoms. The van der Waals surface area contributed by atoms with Crippen LogP contribution in [0.15, 0.2) is 66.7 Å². The van der Waals surface area contributed by atoms with Crippen LogP contribution in [0.1, 0.15) is 15.2 Å². The third-order valence-electron chi connectivity index (χ3n) is 3.26. The number of nitrogens with two attached hydrogens (primary N) is 1. The minimum Gasteiger partial charge on any atom is -0.399 e. The van der Waals surface area contributed by atoms with Gasteiger partial charge in [-0.25, -0.2) is 0 Å². The number of rotatable bonds is 4. The van der Waals surface area contributed by atoms with Gasteiger partial charge in [-0.2, -0.15) is 0 Å². The van der Waals surface area contributed by atoms with E-state index in [-0.39, 0.29) is 5.78 Å². The summed E-state index contributed by atoms with van der Waals surface area (Å²) in [4.78, 5) is 14.2. The molecule has 0 aliphatic rings. The van der Waals surface area contributed by atoms with Gasteiger partial charge in [0.15, 0.2) is 5.78 Å². The van der Waals surface area contributed by atoms with Crippen molar-refractivity contribution in [2.75, 3.05) is 5.73 Å². The van der Waals surface area contributed by atoms with E-state index in [2.05, 4.69) is 0 Å². The molecule has 0 saturated carbocycles. The number of thiophene rings is 1. The van der Waals surface area contributed by atoms with Crippen LogP contribution < -0.4 is 5.73 Å². The second-order valence-corrected chi connectivity index (χ2v) is 5.96. The third kappa shape index (κ3) is 3.20. The van der Waals surface area contributed by atoms with Gasteiger partial charge in [0.05, 0.1) is 4.88 Å². The summed E-state index contributed by atoms with van der Waals surface area (Å²) < 4.78 is 0. The van der Waals surface area contributed by atoms with Gasteiger partial charge in [-0.1, -0.05) is 42.5 Å². The van der Waals surface area contributed by atoms with Crippen molar-refractivity contribution in [2.24, 2.45) is 0 Å². The maximum Gasteiger partial charge on any atom is 0.177 e. The third-order valence-corrected chi connectivity index (χ3v) is 4.43. The Morgan fingerprint density at radius 2 is 1.76 bits per heavy atom. The fourth-order valence-electron chi connectivity index (χ4n) is 2.20. The first-order valence-corrected chi connectivity index (χ1v) is 7.57. The Labute approximate surface area is 127 Å². The van der Waals surface area contributed by atoms with Crippen molar-refractivity contribution < 1.29 is 4.79 Å². The Bertz CT molecular complexity index is 762. The van der Waals surface area contributed by atoms with Crippen LogP contribution in [0.5, 0.6) is 0 Å². The van der Waals surface area contributed by atoms with Gasteiger partial charge in [0.2, 0.25) is 0 Å². The Hall–Kier alpha value is -2.39. The van der Waals surface area contributed by atoms with Crippen LogP contribution in [0, 0.1) is 0 Å². The average Bonchev–Trinajstić information content (AvgIpc) is 2.98. The number of benzene rings is 2. The van der Waals surface area contributed by atoms with Gasteiger partial charge >= 0.3 is 0 Å². The zero-order valence-corrected chi connectivity index (χ0v) is 12.3. The van der Waals surface area contributed by atoms with Gasteiger partial charge in [0.1, 0.15) is 0 Å². The van der Waals surface area contributed by atoms with Crippen LogP contribution in [0.2, 0.25) is 0 Å².